The van der Waals surface area contributed by atoms with E-state index in [0.717, 1.165) is 26.2 Å². The zero-order chi connectivity index (χ0) is 24.1. The first-order chi connectivity index (χ1) is 16.4. The molecule has 0 saturated carbocycles. The summed E-state index contributed by atoms with van der Waals surface area (Å²) in [5, 5.41) is 3.83. The number of thiocarbonyl (C=S) groups is 1. The van der Waals surface area contributed by atoms with E-state index in [2.05, 4.69) is 63.6 Å². The van der Waals surface area contributed by atoms with Crippen molar-refractivity contribution in [2.75, 3.05) is 45.6 Å². The van der Waals surface area contributed by atoms with Crippen molar-refractivity contribution in [1.29, 1.82) is 0 Å². The zero-order valence-electron chi connectivity index (χ0n) is 19.5. The molecule has 0 unspecified atom stereocenters. The fourth-order valence-electron chi connectivity index (χ4n) is 4.22. The highest BCUT2D eigenvalue weighted by Crippen LogP contribution is 2.29. The molecule has 1 fully saturated rings. The van der Waals surface area contributed by atoms with Crippen LogP contribution in [0.1, 0.15) is 17.2 Å². The van der Waals surface area contributed by atoms with E-state index in [-0.39, 0.29) is 10.9 Å². The largest absolute Gasteiger partial charge is 0.346 e. The highest BCUT2D eigenvalue weighted by molar-refractivity contribution is 7.89. The molecule has 0 spiro atoms. The van der Waals surface area contributed by atoms with Crippen molar-refractivity contribution in [2.45, 2.75) is 10.9 Å². The molecule has 1 heterocycles. The highest BCUT2D eigenvalue weighted by Gasteiger charge is 2.27. The molecule has 0 aromatic heterocycles. The van der Waals surface area contributed by atoms with Gasteiger partial charge in [-0.15, -0.1) is 0 Å². The minimum atomic E-state index is -3.50. The van der Waals surface area contributed by atoms with Crippen molar-refractivity contribution in [2.24, 2.45) is 0 Å². The average Bonchev–Trinajstić information content (AvgIpc) is 2.86. The van der Waals surface area contributed by atoms with Crippen LogP contribution >= 0.6 is 12.2 Å². The average molecular weight is 495 g/mol. The fourth-order valence-corrected chi connectivity index (χ4v) is 5.46. The van der Waals surface area contributed by atoms with E-state index < -0.39 is 10.0 Å². The van der Waals surface area contributed by atoms with Crippen molar-refractivity contribution in [1.82, 2.24) is 14.1 Å². The molecular weight excluding hydrogens is 464 g/mol. The lowest BCUT2D eigenvalue weighted by Crippen LogP contribution is -2.51. The molecule has 34 heavy (non-hydrogen) atoms. The second-order valence-corrected chi connectivity index (χ2v) is 11.0. The Labute approximate surface area is 207 Å². The Morgan fingerprint density at radius 2 is 1.41 bits per heavy atom. The van der Waals surface area contributed by atoms with Crippen molar-refractivity contribution in [3.63, 3.8) is 0 Å². The second kappa shape index (κ2) is 10.7. The van der Waals surface area contributed by atoms with Gasteiger partial charge in [0.1, 0.15) is 0 Å². The number of rotatable bonds is 6. The van der Waals surface area contributed by atoms with Crippen LogP contribution in [-0.2, 0) is 10.0 Å². The summed E-state index contributed by atoms with van der Waals surface area (Å²) in [6.45, 7) is 3.31. The van der Waals surface area contributed by atoms with Crippen molar-refractivity contribution in [3.05, 3.63) is 96.1 Å². The smallest absolute Gasteiger partial charge is 0.242 e. The topological polar surface area (TPSA) is 55.9 Å². The van der Waals surface area contributed by atoms with E-state index in [4.69, 9.17) is 12.2 Å². The molecule has 0 radical (unpaired) electrons. The van der Waals surface area contributed by atoms with Gasteiger partial charge < -0.3 is 10.2 Å². The minimum absolute atomic E-state index is 0.194. The van der Waals surface area contributed by atoms with E-state index in [0.29, 0.717) is 10.8 Å². The Bertz CT molecular complexity index is 1170. The summed E-state index contributed by atoms with van der Waals surface area (Å²) in [7, 11) is -0.449. The molecule has 1 aliphatic rings. The summed E-state index contributed by atoms with van der Waals surface area (Å²) in [5.74, 6) is 0. The van der Waals surface area contributed by atoms with Gasteiger partial charge in [0.15, 0.2) is 5.11 Å². The van der Waals surface area contributed by atoms with Gasteiger partial charge in [0.2, 0.25) is 10.0 Å². The first-order valence-corrected chi connectivity index (χ1v) is 13.1. The molecule has 1 N–H and O–H groups in total. The SMILES string of the molecule is CN(C)S(=O)(=O)c1cccc(NC(=S)N2CCN(C(c3ccccc3)c3ccccc3)CC2)c1. The zero-order valence-corrected chi connectivity index (χ0v) is 21.1. The standard InChI is InChI=1S/C26H30N4O2S2/c1-28(2)34(31,32)24-15-9-14-23(20-24)27-26(33)30-18-16-29(17-19-30)25(21-10-5-3-6-11-21)22-12-7-4-8-13-22/h3-15,20,25H,16-19H2,1-2H3,(H,27,33). The summed E-state index contributed by atoms with van der Waals surface area (Å²) in [6.07, 6.45) is 0. The Morgan fingerprint density at radius 1 is 0.853 bits per heavy atom. The molecule has 1 aliphatic heterocycles. The third kappa shape index (κ3) is 5.47. The summed E-state index contributed by atoms with van der Waals surface area (Å²) < 4.78 is 26.1. The molecule has 178 valence electrons. The molecule has 0 bridgehead atoms. The van der Waals surface area contributed by atoms with E-state index in [1.54, 1.807) is 18.2 Å². The van der Waals surface area contributed by atoms with Gasteiger partial charge in [0, 0.05) is 46.0 Å². The lowest BCUT2D eigenvalue weighted by Gasteiger charge is -2.40. The number of benzene rings is 3. The first kappa shape index (κ1) is 24.3. The monoisotopic (exact) mass is 494 g/mol. The third-order valence-corrected chi connectivity index (χ3v) is 8.23. The van der Waals surface area contributed by atoms with Gasteiger partial charge in [-0.25, -0.2) is 12.7 Å². The predicted octanol–water partition coefficient (Wildman–Crippen LogP) is 4.04. The van der Waals surface area contributed by atoms with Crippen LogP contribution in [0.15, 0.2) is 89.8 Å². The number of piperazine rings is 1. The maximum atomic E-state index is 12.5. The van der Waals surface area contributed by atoms with Gasteiger partial charge in [-0.05, 0) is 41.5 Å². The van der Waals surface area contributed by atoms with Crippen LogP contribution in [0.4, 0.5) is 5.69 Å². The van der Waals surface area contributed by atoms with Crippen LogP contribution in [0.2, 0.25) is 0 Å². The molecule has 0 atom stereocenters. The Morgan fingerprint density at radius 3 is 1.94 bits per heavy atom. The van der Waals surface area contributed by atoms with Gasteiger partial charge in [0.05, 0.1) is 10.9 Å². The molecule has 4 rings (SSSR count). The molecule has 0 amide bonds. The van der Waals surface area contributed by atoms with E-state index >= 15 is 0 Å². The number of nitrogens with zero attached hydrogens (tertiary/aromatic N) is 3. The van der Waals surface area contributed by atoms with Crippen LogP contribution in [0, 0.1) is 0 Å². The predicted molar refractivity (Wildman–Crippen MR) is 141 cm³/mol. The van der Waals surface area contributed by atoms with E-state index in [1.807, 2.05) is 18.2 Å². The molecule has 3 aromatic rings. The van der Waals surface area contributed by atoms with Crippen LogP contribution < -0.4 is 5.32 Å². The summed E-state index contributed by atoms with van der Waals surface area (Å²) in [6, 6.07) is 28.2. The Hall–Kier alpha value is -2.78. The Balaban J connectivity index is 1.44. The molecule has 8 heteroatoms. The fraction of sp³-hybridized carbons (Fsp3) is 0.269. The van der Waals surface area contributed by atoms with Gasteiger partial charge in [-0.3, -0.25) is 4.90 Å². The summed E-state index contributed by atoms with van der Waals surface area (Å²) in [4.78, 5) is 4.88. The first-order valence-electron chi connectivity index (χ1n) is 11.3. The van der Waals surface area contributed by atoms with Crippen molar-refractivity contribution in [3.8, 4) is 0 Å². The number of sulfonamides is 1. The van der Waals surface area contributed by atoms with Crippen molar-refractivity contribution >= 4 is 33.0 Å². The number of hydrogen-bond acceptors (Lipinski definition) is 4. The van der Waals surface area contributed by atoms with Crippen LogP contribution in [0.3, 0.4) is 0 Å². The molecule has 0 aliphatic carbocycles. The normalized spacial score (nSPS) is 15.0. The maximum Gasteiger partial charge on any atom is 0.242 e. The second-order valence-electron chi connectivity index (χ2n) is 8.49. The van der Waals surface area contributed by atoms with E-state index in [1.165, 1.54) is 29.5 Å². The summed E-state index contributed by atoms with van der Waals surface area (Å²) >= 11 is 5.67. The molecule has 6 nitrogen and oxygen atoms in total. The third-order valence-electron chi connectivity index (χ3n) is 6.06. The van der Waals surface area contributed by atoms with E-state index in [9.17, 15) is 8.42 Å². The number of anilines is 1. The van der Waals surface area contributed by atoms with Crippen LogP contribution in [0.25, 0.3) is 0 Å². The molecular formula is C26H30N4O2S2. The van der Waals surface area contributed by atoms with Gasteiger partial charge >= 0.3 is 0 Å². The summed E-state index contributed by atoms with van der Waals surface area (Å²) in [5.41, 5.74) is 3.23. The lowest BCUT2D eigenvalue weighted by atomic mass is 9.96. The van der Waals surface area contributed by atoms with Gasteiger partial charge in [-0.1, -0.05) is 66.7 Å². The maximum absolute atomic E-state index is 12.5. The molecule has 1 saturated heterocycles. The number of hydrogen-bond donors (Lipinski definition) is 1. The lowest BCUT2D eigenvalue weighted by molar-refractivity contribution is 0.151. The van der Waals surface area contributed by atoms with Gasteiger partial charge in [0.25, 0.3) is 0 Å². The van der Waals surface area contributed by atoms with Crippen molar-refractivity contribution < 1.29 is 8.42 Å². The van der Waals surface area contributed by atoms with Crippen LogP contribution in [-0.4, -0.2) is 67.9 Å². The quantitative estimate of drug-likeness (QED) is 0.522. The Kier molecular flexibility index (Phi) is 7.63. The highest BCUT2D eigenvalue weighted by atomic mass is 32.2. The van der Waals surface area contributed by atoms with Crippen LogP contribution in [0.5, 0.6) is 0 Å². The molecule has 3 aromatic carbocycles. The number of nitrogens with one attached hydrogen (secondary N) is 1. The minimum Gasteiger partial charge on any atom is -0.346 e. The van der Waals surface area contributed by atoms with Gasteiger partial charge in [-0.2, -0.15) is 0 Å².